The number of fused-ring (bicyclic) bond motifs is 1. The highest BCUT2D eigenvalue weighted by Gasteiger charge is 2.21. The Bertz CT molecular complexity index is 652. The van der Waals surface area contributed by atoms with Crippen molar-refractivity contribution >= 4 is 17.7 Å². The van der Waals surface area contributed by atoms with E-state index in [9.17, 15) is 9.59 Å². The fourth-order valence-corrected chi connectivity index (χ4v) is 1.89. The van der Waals surface area contributed by atoms with Gasteiger partial charge < -0.3 is 10.4 Å². The Morgan fingerprint density at radius 2 is 2.20 bits per heavy atom. The van der Waals surface area contributed by atoms with Crippen molar-refractivity contribution in [1.29, 1.82) is 0 Å². The Morgan fingerprint density at radius 3 is 2.85 bits per heavy atom. The fraction of sp³-hybridized carbons (Fsp3) is 0.417. The highest BCUT2D eigenvalue weighted by Crippen LogP contribution is 2.08. The van der Waals surface area contributed by atoms with Gasteiger partial charge in [-0.25, -0.2) is 14.3 Å². The molecule has 0 spiro atoms. The monoisotopic (exact) mass is 277 g/mol. The van der Waals surface area contributed by atoms with Crippen LogP contribution in [0.25, 0.3) is 5.78 Å². The van der Waals surface area contributed by atoms with Crippen molar-refractivity contribution in [2.24, 2.45) is 0 Å². The Morgan fingerprint density at radius 1 is 1.45 bits per heavy atom. The van der Waals surface area contributed by atoms with Crippen molar-refractivity contribution in [2.45, 2.75) is 32.7 Å². The molecule has 106 valence electrons. The molecule has 0 fully saturated rings. The largest absolute Gasteiger partial charge is 0.480 e. The number of aryl methyl sites for hydroxylation is 1. The summed E-state index contributed by atoms with van der Waals surface area (Å²) >= 11 is 0. The second-order valence-corrected chi connectivity index (χ2v) is 4.38. The van der Waals surface area contributed by atoms with E-state index in [1.165, 1.54) is 17.0 Å². The highest BCUT2D eigenvalue weighted by molar-refractivity contribution is 5.97. The van der Waals surface area contributed by atoms with E-state index in [-0.39, 0.29) is 5.56 Å². The van der Waals surface area contributed by atoms with E-state index in [1.54, 1.807) is 6.92 Å². The number of carbonyl (C=O) groups excluding carboxylic acids is 1. The molecular weight excluding hydrogens is 262 g/mol. The number of aromatic nitrogens is 4. The number of amides is 1. The van der Waals surface area contributed by atoms with Crippen LogP contribution in [0, 0.1) is 6.92 Å². The molecule has 2 N–H and O–H groups in total. The van der Waals surface area contributed by atoms with Gasteiger partial charge in [-0.15, -0.1) is 0 Å². The molecule has 8 heteroatoms. The molecule has 0 aromatic carbocycles. The molecule has 0 aliphatic carbocycles. The van der Waals surface area contributed by atoms with Crippen LogP contribution in [0.2, 0.25) is 0 Å². The molecular formula is C12H15N5O3. The van der Waals surface area contributed by atoms with Gasteiger partial charge in [-0.2, -0.15) is 10.1 Å². The third-order valence-electron chi connectivity index (χ3n) is 2.97. The molecule has 0 radical (unpaired) electrons. The van der Waals surface area contributed by atoms with Crippen LogP contribution in [0.5, 0.6) is 0 Å². The number of hydrogen-bond donors (Lipinski definition) is 2. The zero-order valence-electron chi connectivity index (χ0n) is 11.2. The van der Waals surface area contributed by atoms with Crippen molar-refractivity contribution in [3.8, 4) is 0 Å². The minimum absolute atomic E-state index is 0.283. The van der Waals surface area contributed by atoms with Gasteiger partial charge in [0.15, 0.2) is 0 Å². The van der Waals surface area contributed by atoms with Gasteiger partial charge in [0.2, 0.25) is 0 Å². The normalized spacial score (nSPS) is 12.3. The Labute approximate surface area is 114 Å². The topological polar surface area (TPSA) is 109 Å². The smallest absolute Gasteiger partial charge is 0.326 e. The van der Waals surface area contributed by atoms with Gasteiger partial charge in [0, 0.05) is 6.20 Å². The van der Waals surface area contributed by atoms with Crippen LogP contribution in [0.1, 0.15) is 35.8 Å². The van der Waals surface area contributed by atoms with E-state index in [2.05, 4.69) is 20.4 Å². The molecule has 0 saturated carbocycles. The Balaban J connectivity index is 2.26. The molecule has 0 saturated heterocycles. The van der Waals surface area contributed by atoms with Crippen LogP contribution in [0.15, 0.2) is 12.5 Å². The number of aliphatic carboxylic acids is 1. The number of carboxylic acids is 1. The van der Waals surface area contributed by atoms with Gasteiger partial charge >= 0.3 is 5.97 Å². The predicted octanol–water partition coefficient (Wildman–Crippen LogP) is 0.416. The first-order chi connectivity index (χ1) is 9.54. The van der Waals surface area contributed by atoms with Gasteiger partial charge in [0.25, 0.3) is 11.7 Å². The first kappa shape index (κ1) is 13.9. The van der Waals surface area contributed by atoms with E-state index in [4.69, 9.17) is 5.11 Å². The summed E-state index contributed by atoms with van der Waals surface area (Å²) in [6.07, 6.45) is 3.75. The van der Waals surface area contributed by atoms with E-state index in [1.807, 2.05) is 6.92 Å². The van der Waals surface area contributed by atoms with Crippen molar-refractivity contribution in [2.75, 3.05) is 0 Å². The van der Waals surface area contributed by atoms with E-state index in [0.29, 0.717) is 24.3 Å². The molecule has 8 nitrogen and oxygen atoms in total. The summed E-state index contributed by atoms with van der Waals surface area (Å²) in [7, 11) is 0. The minimum Gasteiger partial charge on any atom is -0.480 e. The molecule has 0 aliphatic rings. The number of nitrogens with one attached hydrogen (secondary N) is 1. The average Bonchev–Trinajstić information content (AvgIpc) is 2.87. The third-order valence-corrected chi connectivity index (χ3v) is 2.97. The van der Waals surface area contributed by atoms with E-state index < -0.39 is 17.9 Å². The molecule has 2 rings (SSSR count). The molecule has 0 bridgehead atoms. The highest BCUT2D eigenvalue weighted by atomic mass is 16.4. The number of rotatable bonds is 5. The first-order valence-corrected chi connectivity index (χ1v) is 6.23. The molecule has 2 heterocycles. The fourth-order valence-electron chi connectivity index (χ4n) is 1.89. The predicted molar refractivity (Wildman–Crippen MR) is 69.3 cm³/mol. The second kappa shape index (κ2) is 5.64. The van der Waals surface area contributed by atoms with Crippen molar-refractivity contribution in [3.63, 3.8) is 0 Å². The summed E-state index contributed by atoms with van der Waals surface area (Å²) in [4.78, 5) is 31.1. The lowest BCUT2D eigenvalue weighted by Crippen LogP contribution is -2.41. The van der Waals surface area contributed by atoms with Crippen LogP contribution >= 0.6 is 0 Å². The standard InChI is InChI=1S/C12H15N5O3/c1-3-4-9(11(19)20)16-10(18)8-5-13-12-14-6-15-17(12)7(8)2/h5-6,9H,3-4H2,1-2H3,(H,16,18)(H,19,20)/t9-/m0/s1. The number of carboxylic acid groups (broad SMARTS) is 1. The van der Waals surface area contributed by atoms with Gasteiger partial charge in [-0.1, -0.05) is 13.3 Å². The zero-order chi connectivity index (χ0) is 14.7. The molecule has 1 amide bonds. The van der Waals surface area contributed by atoms with Crippen LogP contribution in [-0.4, -0.2) is 42.6 Å². The Kier molecular flexibility index (Phi) is 3.92. The zero-order valence-corrected chi connectivity index (χ0v) is 11.2. The lowest BCUT2D eigenvalue weighted by atomic mass is 10.1. The first-order valence-electron chi connectivity index (χ1n) is 6.23. The summed E-state index contributed by atoms with van der Waals surface area (Å²) < 4.78 is 1.44. The maximum Gasteiger partial charge on any atom is 0.326 e. The summed E-state index contributed by atoms with van der Waals surface area (Å²) in [6.45, 7) is 3.56. The van der Waals surface area contributed by atoms with Crippen molar-refractivity contribution < 1.29 is 14.7 Å². The molecule has 2 aromatic rings. The SMILES string of the molecule is CCC[C@H](NC(=O)c1cnc2ncnn2c1C)C(=O)O. The van der Waals surface area contributed by atoms with E-state index in [0.717, 1.165) is 0 Å². The summed E-state index contributed by atoms with van der Waals surface area (Å²) in [6, 6.07) is -0.904. The van der Waals surface area contributed by atoms with Gasteiger partial charge in [-0.3, -0.25) is 4.79 Å². The third kappa shape index (κ3) is 2.58. The van der Waals surface area contributed by atoms with Gasteiger partial charge in [0.1, 0.15) is 12.4 Å². The molecule has 1 atom stereocenters. The van der Waals surface area contributed by atoms with Crippen LogP contribution in [0.4, 0.5) is 0 Å². The second-order valence-electron chi connectivity index (χ2n) is 4.38. The maximum absolute atomic E-state index is 12.1. The van der Waals surface area contributed by atoms with Crippen molar-refractivity contribution in [3.05, 3.63) is 23.8 Å². The van der Waals surface area contributed by atoms with Crippen LogP contribution in [-0.2, 0) is 4.79 Å². The number of nitrogens with zero attached hydrogens (tertiary/aromatic N) is 4. The van der Waals surface area contributed by atoms with Crippen molar-refractivity contribution in [1.82, 2.24) is 24.9 Å². The lowest BCUT2D eigenvalue weighted by Gasteiger charge is -2.14. The molecule has 2 aromatic heterocycles. The lowest BCUT2D eigenvalue weighted by molar-refractivity contribution is -0.139. The summed E-state index contributed by atoms with van der Waals surface area (Å²) in [5, 5.41) is 15.5. The summed E-state index contributed by atoms with van der Waals surface area (Å²) in [5.74, 6) is -1.14. The summed E-state index contributed by atoms with van der Waals surface area (Å²) in [5.41, 5.74) is 0.844. The van der Waals surface area contributed by atoms with Crippen LogP contribution < -0.4 is 5.32 Å². The maximum atomic E-state index is 12.1. The quantitative estimate of drug-likeness (QED) is 0.819. The molecule has 0 unspecified atom stereocenters. The molecule has 0 aliphatic heterocycles. The molecule has 20 heavy (non-hydrogen) atoms. The van der Waals surface area contributed by atoms with Gasteiger partial charge in [0.05, 0.1) is 11.3 Å². The van der Waals surface area contributed by atoms with Crippen LogP contribution in [0.3, 0.4) is 0 Å². The number of carbonyl (C=O) groups is 2. The van der Waals surface area contributed by atoms with E-state index >= 15 is 0 Å². The average molecular weight is 277 g/mol. The minimum atomic E-state index is -1.05. The van der Waals surface area contributed by atoms with Gasteiger partial charge in [-0.05, 0) is 13.3 Å². The number of hydrogen-bond acceptors (Lipinski definition) is 5. The Hall–Kier alpha value is -2.51.